The molecule has 0 bridgehead atoms. The van der Waals surface area contributed by atoms with Crippen molar-refractivity contribution < 1.29 is 9.53 Å². The van der Waals surface area contributed by atoms with Gasteiger partial charge in [-0.05, 0) is 52.9 Å². The van der Waals surface area contributed by atoms with Crippen LogP contribution in [0, 0.1) is 5.92 Å². The molecule has 0 aromatic heterocycles. The number of rotatable bonds is 5. The second-order valence-electron chi connectivity index (χ2n) is 4.64. The van der Waals surface area contributed by atoms with E-state index in [1.54, 1.807) is 6.07 Å². The first-order valence-electron chi connectivity index (χ1n) is 6.36. The SMILES string of the molecule is O=C(NCC1CCCC1)c1cccc(OCBr)c1. The number of hydrogen-bond acceptors (Lipinski definition) is 2. The van der Waals surface area contributed by atoms with E-state index in [-0.39, 0.29) is 5.91 Å². The average Bonchev–Trinajstić information content (AvgIpc) is 2.90. The molecule has 0 aliphatic heterocycles. The lowest BCUT2D eigenvalue weighted by molar-refractivity contribution is 0.0947. The molecule has 0 spiro atoms. The lowest BCUT2D eigenvalue weighted by atomic mass is 10.1. The molecule has 0 radical (unpaired) electrons. The molecule has 4 heteroatoms. The second kappa shape index (κ2) is 6.78. The molecular formula is C14H18BrNO2. The quantitative estimate of drug-likeness (QED) is 0.847. The topological polar surface area (TPSA) is 38.3 Å². The number of halogens is 1. The van der Waals surface area contributed by atoms with Crippen molar-refractivity contribution in [2.24, 2.45) is 5.92 Å². The molecule has 0 atom stereocenters. The van der Waals surface area contributed by atoms with Crippen molar-refractivity contribution in [1.82, 2.24) is 5.32 Å². The van der Waals surface area contributed by atoms with E-state index >= 15 is 0 Å². The Kier molecular flexibility index (Phi) is 5.05. The molecule has 1 amide bonds. The molecule has 3 nitrogen and oxygen atoms in total. The van der Waals surface area contributed by atoms with Gasteiger partial charge in [-0.15, -0.1) is 0 Å². The molecular weight excluding hydrogens is 294 g/mol. The minimum Gasteiger partial charge on any atom is -0.482 e. The van der Waals surface area contributed by atoms with E-state index in [9.17, 15) is 4.79 Å². The molecule has 0 saturated heterocycles. The van der Waals surface area contributed by atoms with Gasteiger partial charge in [-0.25, -0.2) is 0 Å². The van der Waals surface area contributed by atoms with Gasteiger partial charge in [0.25, 0.3) is 5.91 Å². The standard InChI is InChI=1S/C14H18BrNO2/c15-10-18-13-7-3-6-12(8-13)14(17)16-9-11-4-1-2-5-11/h3,6-8,11H,1-2,4-5,9-10H2,(H,16,17). The molecule has 1 aliphatic rings. The normalized spacial score (nSPS) is 15.6. The van der Waals surface area contributed by atoms with E-state index in [0.717, 1.165) is 6.54 Å². The molecule has 1 N–H and O–H groups in total. The average molecular weight is 312 g/mol. The number of hydrogen-bond donors (Lipinski definition) is 1. The van der Waals surface area contributed by atoms with E-state index in [1.807, 2.05) is 18.2 Å². The summed E-state index contributed by atoms with van der Waals surface area (Å²) in [4.78, 5) is 12.0. The molecule has 98 valence electrons. The van der Waals surface area contributed by atoms with Crippen LogP contribution in [0.4, 0.5) is 0 Å². The molecule has 1 aromatic rings. The van der Waals surface area contributed by atoms with Crippen LogP contribution in [0.5, 0.6) is 5.75 Å². The summed E-state index contributed by atoms with van der Waals surface area (Å²) in [5.41, 5.74) is 1.09. The van der Waals surface area contributed by atoms with E-state index in [1.165, 1.54) is 25.7 Å². The highest BCUT2D eigenvalue weighted by molar-refractivity contribution is 9.09. The van der Waals surface area contributed by atoms with Crippen molar-refractivity contribution in [3.05, 3.63) is 29.8 Å². The lowest BCUT2D eigenvalue weighted by Crippen LogP contribution is -2.28. The Morgan fingerprint density at radius 1 is 1.39 bits per heavy atom. The molecule has 18 heavy (non-hydrogen) atoms. The summed E-state index contributed by atoms with van der Waals surface area (Å²) in [6, 6.07) is 7.26. The number of amides is 1. The fourth-order valence-electron chi connectivity index (χ4n) is 2.34. The molecule has 2 rings (SSSR count). The molecule has 1 aromatic carbocycles. The van der Waals surface area contributed by atoms with Gasteiger partial charge in [0, 0.05) is 12.1 Å². The highest BCUT2D eigenvalue weighted by Gasteiger charge is 2.16. The Balaban J connectivity index is 1.89. The summed E-state index contributed by atoms with van der Waals surface area (Å²) in [5, 5.41) is 3.00. The molecule has 0 unspecified atom stereocenters. The van der Waals surface area contributed by atoms with Crippen LogP contribution >= 0.6 is 15.9 Å². The summed E-state index contributed by atoms with van der Waals surface area (Å²) in [7, 11) is 0. The zero-order chi connectivity index (χ0) is 12.8. The maximum Gasteiger partial charge on any atom is 0.251 e. The van der Waals surface area contributed by atoms with Gasteiger partial charge in [0.15, 0.2) is 0 Å². The van der Waals surface area contributed by atoms with Crippen LogP contribution in [0.3, 0.4) is 0 Å². The van der Waals surface area contributed by atoms with Gasteiger partial charge in [0.05, 0.1) is 0 Å². The Morgan fingerprint density at radius 2 is 2.17 bits per heavy atom. The number of nitrogens with one attached hydrogen (secondary N) is 1. The third-order valence-electron chi connectivity index (χ3n) is 3.34. The minimum atomic E-state index is -0.0121. The van der Waals surface area contributed by atoms with Crippen LogP contribution in [-0.2, 0) is 0 Å². The first kappa shape index (κ1) is 13.4. The predicted octanol–water partition coefficient (Wildman–Crippen LogP) is 3.34. The number of benzene rings is 1. The van der Waals surface area contributed by atoms with E-state index in [2.05, 4.69) is 21.2 Å². The fraction of sp³-hybridized carbons (Fsp3) is 0.500. The number of carbonyl (C=O) groups excluding carboxylic acids is 1. The zero-order valence-electron chi connectivity index (χ0n) is 10.3. The number of alkyl halides is 1. The Morgan fingerprint density at radius 3 is 2.89 bits per heavy atom. The molecule has 1 fully saturated rings. The maximum absolute atomic E-state index is 12.0. The van der Waals surface area contributed by atoms with Gasteiger partial charge < -0.3 is 10.1 Å². The number of carbonyl (C=O) groups is 1. The van der Waals surface area contributed by atoms with Crippen LogP contribution in [-0.4, -0.2) is 18.0 Å². The minimum absolute atomic E-state index is 0.0121. The first-order chi connectivity index (χ1) is 8.79. The van der Waals surface area contributed by atoms with Crippen molar-refractivity contribution >= 4 is 21.8 Å². The molecule has 1 aliphatic carbocycles. The van der Waals surface area contributed by atoms with E-state index in [0.29, 0.717) is 22.7 Å². The monoisotopic (exact) mass is 311 g/mol. The van der Waals surface area contributed by atoms with Crippen LogP contribution in [0.1, 0.15) is 36.0 Å². The van der Waals surface area contributed by atoms with E-state index in [4.69, 9.17) is 4.74 Å². The van der Waals surface area contributed by atoms with Crippen molar-refractivity contribution in [2.75, 3.05) is 12.1 Å². The maximum atomic E-state index is 12.0. The second-order valence-corrected chi connectivity index (χ2v) is 5.10. The van der Waals surface area contributed by atoms with Crippen molar-refractivity contribution in [3.63, 3.8) is 0 Å². The van der Waals surface area contributed by atoms with Crippen molar-refractivity contribution in [1.29, 1.82) is 0 Å². The Bertz CT molecular complexity index is 403. The van der Waals surface area contributed by atoms with Crippen LogP contribution < -0.4 is 10.1 Å². The van der Waals surface area contributed by atoms with Crippen LogP contribution in [0.25, 0.3) is 0 Å². The van der Waals surface area contributed by atoms with Crippen molar-refractivity contribution in [3.8, 4) is 5.75 Å². The van der Waals surface area contributed by atoms with Crippen molar-refractivity contribution in [2.45, 2.75) is 25.7 Å². The smallest absolute Gasteiger partial charge is 0.251 e. The van der Waals surface area contributed by atoms with Gasteiger partial charge in [-0.1, -0.05) is 18.9 Å². The van der Waals surface area contributed by atoms with Gasteiger partial charge >= 0.3 is 0 Å². The van der Waals surface area contributed by atoms with Crippen LogP contribution in [0.2, 0.25) is 0 Å². The third kappa shape index (κ3) is 3.73. The Hall–Kier alpha value is -1.03. The summed E-state index contributed by atoms with van der Waals surface area (Å²) >= 11 is 3.20. The zero-order valence-corrected chi connectivity index (χ0v) is 11.9. The third-order valence-corrected chi connectivity index (χ3v) is 3.57. The summed E-state index contributed by atoms with van der Waals surface area (Å²) in [6.07, 6.45) is 5.09. The first-order valence-corrected chi connectivity index (χ1v) is 7.49. The molecule has 0 heterocycles. The Labute approximate surface area is 116 Å². The highest BCUT2D eigenvalue weighted by Crippen LogP contribution is 2.23. The highest BCUT2D eigenvalue weighted by atomic mass is 79.9. The molecule has 1 saturated carbocycles. The van der Waals surface area contributed by atoms with Gasteiger partial charge in [0.1, 0.15) is 11.3 Å². The van der Waals surface area contributed by atoms with Gasteiger partial charge in [0.2, 0.25) is 0 Å². The fourth-order valence-corrected chi connectivity index (χ4v) is 2.61. The van der Waals surface area contributed by atoms with E-state index < -0.39 is 0 Å². The van der Waals surface area contributed by atoms with Crippen LogP contribution in [0.15, 0.2) is 24.3 Å². The predicted molar refractivity (Wildman–Crippen MR) is 75.2 cm³/mol. The lowest BCUT2D eigenvalue weighted by Gasteiger charge is -2.11. The summed E-state index contributed by atoms with van der Waals surface area (Å²) in [6.45, 7) is 0.794. The van der Waals surface area contributed by atoms with Gasteiger partial charge in [-0.2, -0.15) is 0 Å². The number of ether oxygens (including phenoxy) is 1. The summed E-state index contributed by atoms with van der Waals surface area (Å²) < 4.78 is 5.31. The largest absolute Gasteiger partial charge is 0.482 e. The van der Waals surface area contributed by atoms with Gasteiger partial charge in [-0.3, -0.25) is 4.79 Å². The summed E-state index contributed by atoms with van der Waals surface area (Å²) in [5.74, 6) is 1.36.